The Balaban J connectivity index is 0.000000637. The largest absolute Gasteiger partial charge is 0.298 e. The zero-order chi connectivity index (χ0) is 25.1. The monoisotopic (exact) mass is 474 g/mol. The van der Waals surface area contributed by atoms with E-state index in [1.807, 2.05) is 52.2 Å². The van der Waals surface area contributed by atoms with E-state index in [9.17, 15) is 0 Å². The lowest BCUT2D eigenvalue weighted by Gasteiger charge is -2.15. The molecule has 36 heavy (non-hydrogen) atoms. The number of hydrogen-bond donors (Lipinski definition) is 0. The molecule has 6 aromatic rings. The average Bonchev–Trinajstić information content (AvgIpc) is 3.49. The van der Waals surface area contributed by atoms with Crippen molar-refractivity contribution in [3.8, 4) is 11.6 Å². The van der Waals surface area contributed by atoms with Gasteiger partial charge in [-0.3, -0.25) is 9.13 Å². The topological polar surface area (TPSA) is 35.6 Å². The van der Waals surface area contributed by atoms with Crippen LogP contribution in [0.1, 0.15) is 51.8 Å². The molecule has 4 heterocycles. The predicted molar refractivity (Wildman–Crippen MR) is 153 cm³/mol. The second kappa shape index (κ2) is 10.4. The van der Waals surface area contributed by atoms with Crippen molar-refractivity contribution in [3.05, 3.63) is 96.4 Å². The second-order valence-electron chi connectivity index (χ2n) is 8.55. The third kappa shape index (κ3) is 3.69. The van der Waals surface area contributed by atoms with E-state index in [0.717, 1.165) is 24.5 Å². The Morgan fingerprint density at radius 2 is 1.14 bits per heavy atom. The van der Waals surface area contributed by atoms with Crippen LogP contribution in [0.15, 0.2) is 85.2 Å². The summed E-state index contributed by atoms with van der Waals surface area (Å²) < 4.78 is 4.70. The molecule has 1 aliphatic carbocycles. The normalized spacial score (nSPS) is 12.6. The zero-order valence-electron chi connectivity index (χ0n) is 21.7. The van der Waals surface area contributed by atoms with Crippen molar-refractivity contribution in [2.75, 3.05) is 0 Å². The van der Waals surface area contributed by atoms with Crippen molar-refractivity contribution >= 4 is 32.7 Å². The highest BCUT2D eigenvalue weighted by molar-refractivity contribution is 6.22. The number of hydrogen-bond acceptors (Lipinski definition) is 2. The maximum absolute atomic E-state index is 4.72. The summed E-state index contributed by atoms with van der Waals surface area (Å²) in [7, 11) is 0. The first kappa shape index (κ1) is 23.8. The molecule has 0 spiro atoms. The molecule has 0 amide bonds. The van der Waals surface area contributed by atoms with Crippen LogP contribution in [0, 0.1) is 0 Å². The Hall–Kier alpha value is -3.92. The summed E-state index contributed by atoms with van der Waals surface area (Å²) in [6.07, 6.45) is 8.45. The molecule has 0 radical (unpaired) electrons. The fourth-order valence-electron chi connectivity index (χ4n) is 5.57. The number of para-hydroxylation sites is 1. The molecule has 4 heteroatoms. The molecule has 0 fully saturated rings. The zero-order valence-corrected chi connectivity index (χ0v) is 21.7. The number of pyridine rings is 2. The van der Waals surface area contributed by atoms with Crippen molar-refractivity contribution in [1.29, 1.82) is 0 Å². The van der Waals surface area contributed by atoms with Gasteiger partial charge in [0.25, 0.3) is 0 Å². The van der Waals surface area contributed by atoms with Gasteiger partial charge in [0.2, 0.25) is 0 Å². The van der Waals surface area contributed by atoms with Crippen LogP contribution < -0.4 is 0 Å². The maximum atomic E-state index is 4.72. The molecular formula is C32H34N4. The van der Waals surface area contributed by atoms with E-state index < -0.39 is 0 Å². The van der Waals surface area contributed by atoms with Gasteiger partial charge in [-0.15, -0.1) is 0 Å². The molecule has 4 aromatic heterocycles. The molecule has 4 nitrogen and oxygen atoms in total. The molecule has 2 aromatic carbocycles. The quantitative estimate of drug-likeness (QED) is 0.252. The Labute approximate surface area is 213 Å². The molecule has 1 aliphatic rings. The van der Waals surface area contributed by atoms with Crippen molar-refractivity contribution in [1.82, 2.24) is 19.1 Å². The van der Waals surface area contributed by atoms with Gasteiger partial charge < -0.3 is 0 Å². The number of benzene rings is 2. The highest BCUT2D eigenvalue weighted by Crippen LogP contribution is 2.42. The first-order valence-corrected chi connectivity index (χ1v) is 13.3. The first-order chi connectivity index (χ1) is 17.9. The summed E-state index contributed by atoms with van der Waals surface area (Å²) in [6.45, 7) is 8.00. The molecular weight excluding hydrogens is 440 g/mol. The van der Waals surface area contributed by atoms with Crippen LogP contribution >= 0.6 is 0 Å². The van der Waals surface area contributed by atoms with Crippen molar-refractivity contribution in [2.24, 2.45) is 0 Å². The number of fused-ring (bicyclic) bond motifs is 7. The summed E-state index contributed by atoms with van der Waals surface area (Å²) in [5, 5.41) is 4.00. The SMILES string of the molecule is CC.CC.c1ccc(-n2c3c(c4c5c6ccccc6n(-c6ccccn6)c5ccc42)CCCC3)nc1. The fraction of sp³-hybridized carbons (Fsp3) is 0.250. The van der Waals surface area contributed by atoms with Crippen molar-refractivity contribution in [3.63, 3.8) is 0 Å². The molecule has 0 saturated heterocycles. The summed E-state index contributed by atoms with van der Waals surface area (Å²) >= 11 is 0. The van der Waals surface area contributed by atoms with Gasteiger partial charge in [0.15, 0.2) is 0 Å². The van der Waals surface area contributed by atoms with Crippen LogP contribution in [-0.4, -0.2) is 19.1 Å². The maximum Gasteiger partial charge on any atom is 0.137 e. The molecule has 0 unspecified atom stereocenters. The summed E-state index contributed by atoms with van der Waals surface area (Å²) in [5.74, 6) is 1.96. The van der Waals surface area contributed by atoms with Gasteiger partial charge in [0.05, 0.1) is 16.6 Å². The van der Waals surface area contributed by atoms with Gasteiger partial charge in [-0.05, 0) is 73.7 Å². The Kier molecular flexibility index (Phi) is 6.86. The Bertz CT molecular complexity index is 1610. The molecule has 7 rings (SSSR count). The van der Waals surface area contributed by atoms with Crippen LogP contribution in [-0.2, 0) is 12.8 Å². The molecule has 182 valence electrons. The minimum Gasteiger partial charge on any atom is -0.298 e. The van der Waals surface area contributed by atoms with E-state index in [1.54, 1.807) is 0 Å². The van der Waals surface area contributed by atoms with E-state index in [4.69, 9.17) is 4.98 Å². The highest BCUT2D eigenvalue weighted by atomic mass is 15.1. The first-order valence-electron chi connectivity index (χ1n) is 13.3. The van der Waals surface area contributed by atoms with Crippen LogP contribution in [0.5, 0.6) is 0 Å². The number of aryl methyl sites for hydroxylation is 1. The number of aromatic nitrogens is 4. The molecule has 0 atom stereocenters. The molecule has 0 bridgehead atoms. The number of rotatable bonds is 2. The minimum absolute atomic E-state index is 0.955. The third-order valence-electron chi connectivity index (χ3n) is 6.82. The molecule has 0 N–H and O–H groups in total. The highest BCUT2D eigenvalue weighted by Gasteiger charge is 2.25. The third-order valence-corrected chi connectivity index (χ3v) is 6.82. The van der Waals surface area contributed by atoms with Crippen LogP contribution in [0.2, 0.25) is 0 Å². The van der Waals surface area contributed by atoms with Crippen molar-refractivity contribution in [2.45, 2.75) is 53.4 Å². The smallest absolute Gasteiger partial charge is 0.137 e. The second-order valence-corrected chi connectivity index (χ2v) is 8.55. The Morgan fingerprint density at radius 1 is 0.556 bits per heavy atom. The predicted octanol–water partition coefficient (Wildman–Crippen LogP) is 8.45. The van der Waals surface area contributed by atoms with E-state index in [2.05, 4.69) is 74.8 Å². The van der Waals surface area contributed by atoms with Gasteiger partial charge in [0, 0.05) is 34.2 Å². The van der Waals surface area contributed by atoms with Crippen molar-refractivity contribution < 1.29 is 0 Å². The molecule has 0 saturated carbocycles. The number of nitrogens with zero attached hydrogens (tertiary/aromatic N) is 4. The Morgan fingerprint density at radius 3 is 1.81 bits per heavy atom. The van der Waals surface area contributed by atoms with Gasteiger partial charge in [-0.25, -0.2) is 9.97 Å². The van der Waals surface area contributed by atoms with E-state index in [0.29, 0.717) is 0 Å². The van der Waals surface area contributed by atoms with Gasteiger partial charge >= 0.3 is 0 Å². The van der Waals surface area contributed by atoms with Crippen LogP contribution in [0.4, 0.5) is 0 Å². The summed E-state index contributed by atoms with van der Waals surface area (Å²) in [4.78, 5) is 9.41. The standard InChI is InChI=1S/C28H22N4.2C2H6/c1-3-11-21-19(9-1)27-23(31(21)25-13-5-7-17-29-25)15-16-24-28(27)20-10-2-4-12-22(20)32(24)26-14-6-8-18-30-26;2*1-2/h1,3,5-9,11,13-18H,2,4,10,12H2;2*1-2H3. The van der Waals surface area contributed by atoms with Crippen LogP contribution in [0.3, 0.4) is 0 Å². The average molecular weight is 475 g/mol. The van der Waals surface area contributed by atoms with E-state index in [-0.39, 0.29) is 0 Å². The fourth-order valence-corrected chi connectivity index (χ4v) is 5.57. The minimum atomic E-state index is 0.955. The van der Waals surface area contributed by atoms with Crippen LogP contribution in [0.25, 0.3) is 44.3 Å². The summed E-state index contributed by atoms with van der Waals surface area (Å²) in [6, 6.07) is 25.6. The van der Waals surface area contributed by atoms with Gasteiger partial charge in [-0.2, -0.15) is 0 Å². The van der Waals surface area contributed by atoms with E-state index >= 15 is 0 Å². The van der Waals surface area contributed by atoms with Gasteiger partial charge in [0.1, 0.15) is 11.6 Å². The van der Waals surface area contributed by atoms with E-state index in [1.165, 1.54) is 56.8 Å². The lowest BCUT2D eigenvalue weighted by molar-refractivity contribution is 0.665. The lowest BCUT2D eigenvalue weighted by atomic mass is 9.94. The lowest BCUT2D eigenvalue weighted by Crippen LogP contribution is -2.07. The molecule has 0 aliphatic heterocycles. The van der Waals surface area contributed by atoms with Gasteiger partial charge in [-0.1, -0.05) is 58.0 Å². The summed E-state index contributed by atoms with van der Waals surface area (Å²) in [5.41, 5.74) is 6.58.